The van der Waals surface area contributed by atoms with Crippen LogP contribution in [0.15, 0.2) is 18.2 Å². The summed E-state index contributed by atoms with van der Waals surface area (Å²) in [6.07, 6.45) is -1.22. The Morgan fingerprint density at radius 1 is 1.20 bits per heavy atom. The minimum Gasteiger partial charge on any atom is -0.374 e. The third-order valence-corrected chi connectivity index (χ3v) is 3.95. The van der Waals surface area contributed by atoms with Gasteiger partial charge in [0, 0.05) is 23.8 Å². The highest BCUT2D eigenvalue weighted by molar-refractivity contribution is 5.52. The third kappa shape index (κ3) is 3.29. The Hall–Kier alpha value is -1.16. The van der Waals surface area contributed by atoms with Gasteiger partial charge < -0.3 is 9.64 Å². The second kappa shape index (κ2) is 6.08. The lowest BCUT2D eigenvalue weighted by Gasteiger charge is -2.31. The van der Waals surface area contributed by atoms with Crippen molar-refractivity contribution in [2.45, 2.75) is 58.8 Å². The van der Waals surface area contributed by atoms with Crippen molar-refractivity contribution in [3.05, 3.63) is 29.3 Å². The first-order valence-corrected chi connectivity index (χ1v) is 7.19. The molecule has 1 heterocycles. The largest absolute Gasteiger partial charge is 0.374 e. The highest BCUT2D eigenvalue weighted by atomic mass is 19.3. The number of anilines is 1. The van der Waals surface area contributed by atoms with Crippen molar-refractivity contribution in [3.8, 4) is 0 Å². The van der Waals surface area contributed by atoms with Crippen molar-refractivity contribution in [2.24, 2.45) is 0 Å². The van der Waals surface area contributed by atoms with Crippen LogP contribution in [0, 0.1) is 6.92 Å². The fourth-order valence-electron chi connectivity index (χ4n) is 2.96. The Kier molecular flexibility index (Phi) is 4.63. The number of aryl methyl sites for hydroxylation is 1. The summed E-state index contributed by atoms with van der Waals surface area (Å²) >= 11 is 0. The molecule has 112 valence electrons. The highest BCUT2D eigenvalue weighted by Gasteiger charge is 2.26. The summed E-state index contributed by atoms with van der Waals surface area (Å²) < 4.78 is 31.9. The van der Waals surface area contributed by atoms with Gasteiger partial charge in [-0.05, 0) is 51.8 Å². The van der Waals surface area contributed by atoms with E-state index >= 15 is 0 Å². The SMILES string of the molecule is Cc1ccc(N2CC(C)OC(C)CC2C)cc1C(F)F. The van der Waals surface area contributed by atoms with Gasteiger partial charge in [-0.15, -0.1) is 0 Å². The molecule has 0 N–H and O–H groups in total. The summed E-state index contributed by atoms with van der Waals surface area (Å²) in [6.45, 7) is 8.68. The molecule has 1 aliphatic rings. The molecule has 2 nitrogen and oxygen atoms in total. The van der Waals surface area contributed by atoms with Gasteiger partial charge in [0.25, 0.3) is 6.43 Å². The Morgan fingerprint density at radius 3 is 2.55 bits per heavy atom. The molecule has 4 heteroatoms. The second-order valence-electron chi connectivity index (χ2n) is 5.84. The molecule has 1 saturated heterocycles. The van der Waals surface area contributed by atoms with Crippen molar-refractivity contribution in [2.75, 3.05) is 11.4 Å². The summed E-state index contributed by atoms with van der Waals surface area (Å²) in [5.41, 5.74) is 1.63. The number of alkyl halides is 2. The van der Waals surface area contributed by atoms with E-state index in [0.29, 0.717) is 5.56 Å². The van der Waals surface area contributed by atoms with Crippen LogP contribution in [0.2, 0.25) is 0 Å². The average Bonchev–Trinajstić information content (AvgIpc) is 2.47. The molecule has 1 aromatic carbocycles. The summed E-state index contributed by atoms with van der Waals surface area (Å²) in [6, 6.07) is 5.62. The number of rotatable bonds is 2. The van der Waals surface area contributed by atoms with E-state index in [1.54, 1.807) is 19.1 Å². The van der Waals surface area contributed by atoms with Gasteiger partial charge in [0.15, 0.2) is 0 Å². The van der Waals surface area contributed by atoms with Crippen LogP contribution >= 0.6 is 0 Å². The van der Waals surface area contributed by atoms with Gasteiger partial charge in [0.05, 0.1) is 12.2 Å². The van der Waals surface area contributed by atoms with Crippen molar-refractivity contribution in [3.63, 3.8) is 0 Å². The molecule has 2 rings (SSSR count). The number of ether oxygens (including phenoxy) is 1. The van der Waals surface area contributed by atoms with Gasteiger partial charge >= 0.3 is 0 Å². The molecule has 20 heavy (non-hydrogen) atoms. The Bertz CT molecular complexity index is 464. The highest BCUT2D eigenvalue weighted by Crippen LogP contribution is 2.30. The van der Waals surface area contributed by atoms with E-state index in [0.717, 1.165) is 18.7 Å². The molecule has 3 unspecified atom stereocenters. The van der Waals surface area contributed by atoms with Crippen molar-refractivity contribution < 1.29 is 13.5 Å². The number of hydrogen-bond acceptors (Lipinski definition) is 2. The van der Waals surface area contributed by atoms with E-state index in [1.165, 1.54) is 0 Å². The van der Waals surface area contributed by atoms with Crippen LogP contribution in [0.4, 0.5) is 14.5 Å². The van der Waals surface area contributed by atoms with Crippen LogP contribution in [-0.4, -0.2) is 24.8 Å². The van der Waals surface area contributed by atoms with Crippen LogP contribution in [0.25, 0.3) is 0 Å². The molecule has 3 atom stereocenters. The maximum atomic E-state index is 13.0. The molecule has 0 amide bonds. The van der Waals surface area contributed by atoms with E-state index < -0.39 is 6.43 Å². The fourth-order valence-corrected chi connectivity index (χ4v) is 2.96. The number of nitrogens with zero attached hydrogens (tertiary/aromatic N) is 1. The van der Waals surface area contributed by atoms with Gasteiger partial charge in [-0.3, -0.25) is 0 Å². The van der Waals surface area contributed by atoms with Gasteiger partial charge in [0.2, 0.25) is 0 Å². The Labute approximate surface area is 119 Å². The molecule has 0 saturated carbocycles. The first-order chi connectivity index (χ1) is 9.38. The summed E-state index contributed by atoms with van der Waals surface area (Å²) in [7, 11) is 0. The molecular weight excluding hydrogens is 260 g/mol. The second-order valence-corrected chi connectivity index (χ2v) is 5.84. The van der Waals surface area contributed by atoms with Crippen molar-refractivity contribution >= 4 is 5.69 Å². The van der Waals surface area contributed by atoms with Crippen LogP contribution in [0.3, 0.4) is 0 Å². The van der Waals surface area contributed by atoms with E-state index in [2.05, 4.69) is 18.7 Å². The minimum absolute atomic E-state index is 0.103. The smallest absolute Gasteiger partial charge is 0.264 e. The van der Waals surface area contributed by atoms with Gasteiger partial charge in [-0.1, -0.05) is 6.07 Å². The molecule has 1 aliphatic heterocycles. The molecule has 0 spiro atoms. The van der Waals surface area contributed by atoms with E-state index in [-0.39, 0.29) is 23.8 Å². The fraction of sp³-hybridized carbons (Fsp3) is 0.625. The lowest BCUT2D eigenvalue weighted by Crippen LogP contribution is -2.36. The van der Waals surface area contributed by atoms with E-state index in [1.807, 2.05) is 13.0 Å². The summed E-state index contributed by atoms with van der Waals surface area (Å²) in [5, 5.41) is 0. The lowest BCUT2D eigenvalue weighted by atomic mass is 10.1. The van der Waals surface area contributed by atoms with Crippen molar-refractivity contribution in [1.82, 2.24) is 0 Å². The molecule has 0 bridgehead atoms. The first kappa shape index (κ1) is 15.2. The summed E-state index contributed by atoms with van der Waals surface area (Å²) in [4.78, 5) is 2.18. The maximum absolute atomic E-state index is 13.0. The topological polar surface area (TPSA) is 12.5 Å². The number of halogens is 2. The Morgan fingerprint density at radius 2 is 1.90 bits per heavy atom. The molecule has 1 fully saturated rings. The van der Waals surface area contributed by atoms with Crippen LogP contribution in [0.1, 0.15) is 44.7 Å². The molecule has 0 radical (unpaired) electrons. The molecule has 1 aromatic rings. The molecular formula is C16H23F2NO. The third-order valence-electron chi connectivity index (χ3n) is 3.95. The maximum Gasteiger partial charge on any atom is 0.264 e. The monoisotopic (exact) mass is 283 g/mol. The first-order valence-electron chi connectivity index (χ1n) is 7.19. The minimum atomic E-state index is -2.43. The van der Waals surface area contributed by atoms with Gasteiger partial charge in [-0.25, -0.2) is 8.78 Å². The lowest BCUT2D eigenvalue weighted by molar-refractivity contribution is 0.0196. The predicted molar refractivity (Wildman–Crippen MR) is 77.6 cm³/mol. The van der Waals surface area contributed by atoms with Crippen molar-refractivity contribution in [1.29, 1.82) is 0 Å². The number of hydrogen-bond donors (Lipinski definition) is 0. The van der Waals surface area contributed by atoms with E-state index in [4.69, 9.17) is 4.74 Å². The van der Waals surface area contributed by atoms with Crippen LogP contribution in [0.5, 0.6) is 0 Å². The Balaban J connectivity index is 2.31. The standard InChI is InChI=1S/C16H23F2NO/c1-10-5-6-14(8-15(10)16(17)18)19-9-13(4)20-12(3)7-11(19)2/h5-6,8,11-13,16H,7,9H2,1-4H3. The zero-order valence-electron chi connectivity index (χ0n) is 12.6. The average molecular weight is 283 g/mol. The number of benzene rings is 1. The molecule has 0 aromatic heterocycles. The predicted octanol–water partition coefficient (Wildman–Crippen LogP) is 4.32. The zero-order valence-corrected chi connectivity index (χ0v) is 12.6. The van der Waals surface area contributed by atoms with Crippen LogP contribution < -0.4 is 4.90 Å². The zero-order chi connectivity index (χ0) is 14.9. The molecule has 0 aliphatic carbocycles. The van der Waals surface area contributed by atoms with Crippen LogP contribution in [-0.2, 0) is 4.74 Å². The quantitative estimate of drug-likeness (QED) is 0.801. The van der Waals surface area contributed by atoms with Gasteiger partial charge in [0.1, 0.15) is 0 Å². The normalized spacial score (nSPS) is 27.8. The van der Waals surface area contributed by atoms with E-state index in [9.17, 15) is 8.78 Å². The van der Waals surface area contributed by atoms with Gasteiger partial charge in [-0.2, -0.15) is 0 Å². The summed E-state index contributed by atoms with van der Waals surface area (Å²) in [5.74, 6) is 0.